The molecule has 0 aliphatic carbocycles. The maximum Gasteiger partial charge on any atom is 1.00 e. The zero-order chi connectivity index (χ0) is 15.1. The molecule has 22 heavy (non-hydrogen) atoms. The molecule has 0 atom stereocenters. The van der Waals surface area contributed by atoms with Gasteiger partial charge in [-0.2, -0.15) is 8.42 Å². The molecule has 0 spiro atoms. The summed E-state index contributed by atoms with van der Waals surface area (Å²) in [7, 11) is -3.74. The van der Waals surface area contributed by atoms with E-state index in [2.05, 4.69) is 6.92 Å². The minimum Gasteiger partial charge on any atom is -1.00 e. The van der Waals surface area contributed by atoms with Gasteiger partial charge in [0.15, 0.2) is 0 Å². The zero-order valence-electron chi connectivity index (χ0n) is 16.0. The predicted octanol–water partition coefficient (Wildman–Crippen LogP) is 2.63. The fourth-order valence-corrected chi connectivity index (χ4v) is 3.05. The maximum absolute atomic E-state index is 10.5. The van der Waals surface area contributed by atoms with Crippen molar-refractivity contribution in [3.63, 3.8) is 0 Å². The van der Waals surface area contributed by atoms with Crippen LogP contribution in [0.5, 0.6) is 0 Å². The number of hydrogen-bond donors (Lipinski definition) is 2. The summed E-state index contributed by atoms with van der Waals surface area (Å²) in [4.78, 5) is 0. The Hall–Kier alpha value is 0.870. The molecule has 0 aromatic rings. The van der Waals surface area contributed by atoms with E-state index in [0.717, 1.165) is 12.8 Å². The van der Waals surface area contributed by atoms with E-state index in [1.165, 1.54) is 70.6 Å². The summed E-state index contributed by atoms with van der Waals surface area (Å²) in [6.07, 6.45) is 17.4. The van der Waals surface area contributed by atoms with Gasteiger partial charge < -0.3 is 7.58 Å². The molecule has 0 bridgehead atoms. The van der Waals surface area contributed by atoms with Crippen molar-refractivity contribution in [2.45, 2.75) is 96.8 Å². The first-order chi connectivity index (χ1) is 9.56. The second kappa shape index (κ2) is 19.9. The Morgan fingerprint density at radius 3 is 1.23 bits per heavy atom. The SMILES string of the molecule is CCCCCCCCCCCCCCCCS(=O)(=O)O.N.[H-].[Na+]. The van der Waals surface area contributed by atoms with Crippen molar-refractivity contribution in [3.05, 3.63) is 0 Å². The molecule has 0 unspecified atom stereocenters. The van der Waals surface area contributed by atoms with Crippen LogP contribution in [0.15, 0.2) is 0 Å². The molecule has 132 valence electrons. The Kier molecular flexibility index (Phi) is 25.1. The van der Waals surface area contributed by atoms with Crippen molar-refractivity contribution in [2.24, 2.45) is 0 Å². The largest absolute Gasteiger partial charge is 1.00 e. The quantitative estimate of drug-likeness (QED) is 0.271. The third-order valence-electron chi connectivity index (χ3n) is 3.76. The van der Waals surface area contributed by atoms with E-state index in [1.54, 1.807) is 0 Å². The van der Waals surface area contributed by atoms with Gasteiger partial charge in [-0.25, -0.2) is 0 Å². The van der Waals surface area contributed by atoms with Crippen molar-refractivity contribution < 1.29 is 44.0 Å². The first kappa shape index (κ1) is 27.7. The van der Waals surface area contributed by atoms with E-state index in [0.29, 0.717) is 6.42 Å². The number of unbranched alkanes of at least 4 members (excludes halogenated alkanes) is 13. The molecule has 0 rings (SSSR count). The molecule has 4 nitrogen and oxygen atoms in total. The molecule has 0 amide bonds. The molecule has 0 aliphatic heterocycles. The van der Waals surface area contributed by atoms with E-state index in [-0.39, 0.29) is 42.9 Å². The van der Waals surface area contributed by atoms with Gasteiger partial charge in [-0.15, -0.1) is 0 Å². The average Bonchev–Trinajstić information content (AvgIpc) is 2.38. The van der Waals surface area contributed by atoms with E-state index in [1.807, 2.05) is 0 Å². The zero-order valence-corrected chi connectivity index (χ0v) is 17.8. The van der Waals surface area contributed by atoms with Crippen LogP contribution in [0.1, 0.15) is 98.2 Å². The minimum atomic E-state index is -3.74. The van der Waals surface area contributed by atoms with Crippen LogP contribution in [0.3, 0.4) is 0 Å². The van der Waals surface area contributed by atoms with Crippen molar-refractivity contribution in [3.8, 4) is 0 Å². The maximum atomic E-state index is 10.5. The van der Waals surface area contributed by atoms with Crippen LogP contribution >= 0.6 is 0 Å². The fourth-order valence-electron chi connectivity index (χ4n) is 2.48. The Morgan fingerprint density at radius 1 is 0.682 bits per heavy atom. The van der Waals surface area contributed by atoms with Gasteiger partial charge >= 0.3 is 29.6 Å². The molecule has 4 N–H and O–H groups in total. The summed E-state index contributed by atoms with van der Waals surface area (Å²) in [6.45, 7) is 2.25. The summed E-state index contributed by atoms with van der Waals surface area (Å²) < 4.78 is 29.6. The van der Waals surface area contributed by atoms with Gasteiger partial charge in [0.1, 0.15) is 0 Å². The summed E-state index contributed by atoms with van der Waals surface area (Å²) in [5.74, 6) is -0.0783. The van der Waals surface area contributed by atoms with Crippen LogP contribution < -0.4 is 35.7 Å². The third-order valence-corrected chi connectivity index (χ3v) is 4.56. The number of rotatable bonds is 15. The molecule has 0 heterocycles. The van der Waals surface area contributed by atoms with Crippen molar-refractivity contribution in [2.75, 3.05) is 5.75 Å². The van der Waals surface area contributed by atoms with Crippen molar-refractivity contribution in [1.29, 1.82) is 0 Å². The van der Waals surface area contributed by atoms with E-state index < -0.39 is 10.1 Å². The van der Waals surface area contributed by atoms with Crippen LogP contribution in [0.2, 0.25) is 0 Å². The molecule has 0 saturated heterocycles. The van der Waals surface area contributed by atoms with Crippen LogP contribution in [0.4, 0.5) is 0 Å². The second-order valence-corrected chi connectivity index (χ2v) is 7.45. The Balaban J connectivity index is -0.000000602. The van der Waals surface area contributed by atoms with Gasteiger partial charge in [-0.1, -0.05) is 90.4 Å². The summed E-state index contributed by atoms with van der Waals surface area (Å²) in [5.41, 5.74) is 0. The predicted molar refractivity (Wildman–Crippen MR) is 92.9 cm³/mol. The van der Waals surface area contributed by atoms with Gasteiger partial charge in [0.05, 0.1) is 5.75 Å². The minimum absolute atomic E-state index is 0. The molecule has 0 fully saturated rings. The third kappa shape index (κ3) is 25.8. The van der Waals surface area contributed by atoms with Gasteiger partial charge in [-0.05, 0) is 6.42 Å². The van der Waals surface area contributed by atoms with Crippen molar-refractivity contribution in [1.82, 2.24) is 6.15 Å². The van der Waals surface area contributed by atoms with Gasteiger partial charge in [-0.3, -0.25) is 4.55 Å². The van der Waals surface area contributed by atoms with Crippen LogP contribution in [-0.4, -0.2) is 18.7 Å². The molecule has 0 aromatic carbocycles. The van der Waals surface area contributed by atoms with Crippen LogP contribution in [0, 0.1) is 0 Å². The smallest absolute Gasteiger partial charge is 1.00 e. The second-order valence-electron chi connectivity index (χ2n) is 5.88. The molecule has 0 aromatic heterocycles. The van der Waals surface area contributed by atoms with Gasteiger partial charge in [0, 0.05) is 0 Å². The summed E-state index contributed by atoms with van der Waals surface area (Å²) in [6, 6.07) is 0. The van der Waals surface area contributed by atoms with E-state index in [9.17, 15) is 8.42 Å². The van der Waals surface area contributed by atoms with E-state index in [4.69, 9.17) is 4.55 Å². The van der Waals surface area contributed by atoms with E-state index >= 15 is 0 Å². The Morgan fingerprint density at radius 2 is 0.955 bits per heavy atom. The van der Waals surface area contributed by atoms with Crippen LogP contribution in [0.25, 0.3) is 0 Å². The normalized spacial score (nSPS) is 10.8. The summed E-state index contributed by atoms with van der Waals surface area (Å²) in [5, 5.41) is 0. The first-order valence-corrected chi connectivity index (χ1v) is 10.1. The Bertz CT molecular complexity index is 304. The first-order valence-electron chi connectivity index (χ1n) is 8.51. The van der Waals surface area contributed by atoms with Crippen LogP contribution in [-0.2, 0) is 10.1 Å². The topological polar surface area (TPSA) is 89.4 Å². The molecule has 0 radical (unpaired) electrons. The average molecular weight is 348 g/mol. The molecule has 6 heteroatoms. The fraction of sp³-hybridized carbons (Fsp3) is 1.00. The number of hydrogen-bond acceptors (Lipinski definition) is 3. The molecule has 0 aliphatic rings. The molecular formula is C16H38NNaO3S. The van der Waals surface area contributed by atoms with Gasteiger partial charge in [0.25, 0.3) is 10.1 Å². The standard InChI is InChI=1S/C16H34O3S.H3N.Na.H/c1-2-3-4-5-6-7-8-9-10-11-12-13-14-15-16-20(17,18)19;;;/h2-16H2,1H3,(H,17,18,19);1H3;;/q;;+1;-1. The molecule has 0 saturated carbocycles. The monoisotopic (exact) mass is 347 g/mol. The van der Waals surface area contributed by atoms with Gasteiger partial charge in [0.2, 0.25) is 0 Å². The summed E-state index contributed by atoms with van der Waals surface area (Å²) >= 11 is 0. The van der Waals surface area contributed by atoms with Crippen molar-refractivity contribution >= 4 is 10.1 Å². The molecular weight excluding hydrogens is 309 g/mol. The Labute approximate surface area is 162 Å².